The van der Waals surface area contributed by atoms with Crippen molar-refractivity contribution in [2.24, 2.45) is 5.73 Å². The van der Waals surface area contributed by atoms with Crippen LogP contribution in [0.4, 0.5) is 5.82 Å². The van der Waals surface area contributed by atoms with E-state index >= 15 is 0 Å². The third-order valence-electron chi connectivity index (χ3n) is 3.63. The van der Waals surface area contributed by atoms with Crippen LogP contribution in [0.1, 0.15) is 5.82 Å². The molecule has 0 aliphatic carbocycles. The van der Waals surface area contributed by atoms with E-state index in [1.807, 2.05) is 35.7 Å². The fraction of sp³-hybridized carbons (Fsp3) is 0.235. The van der Waals surface area contributed by atoms with Gasteiger partial charge in [-0.15, -0.1) is 11.3 Å². The molecule has 0 saturated heterocycles. The number of primary amides is 1. The van der Waals surface area contributed by atoms with Crippen LogP contribution in [-0.2, 0) is 16.1 Å². The lowest BCUT2D eigenvalue weighted by molar-refractivity contribution is -0.125. The molecule has 1 atom stereocenters. The lowest BCUT2D eigenvalue weighted by Crippen LogP contribution is -2.34. The Labute approximate surface area is 148 Å². The summed E-state index contributed by atoms with van der Waals surface area (Å²) in [5, 5.41) is 15.5. The molecular formula is C17H18N4O3S. The van der Waals surface area contributed by atoms with Crippen molar-refractivity contribution >= 4 is 33.3 Å². The van der Waals surface area contributed by atoms with Crippen LogP contribution < -0.4 is 11.1 Å². The minimum atomic E-state index is -1.30. The van der Waals surface area contributed by atoms with Gasteiger partial charge in [0.1, 0.15) is 23.4 Å². The highest BCUT2D eigenvalue weighted by Crippen LogP contribution is 2.36. The number of rotatable bonds is 7. The van der Waals surface area contributed by atoms with E-state index in [-0.39, 0.29) is 13.2 Å². The summed E-state index contributed by atoms with van der Waals surface area (Å²) >= 11 is 1.50. The van der Waals surface area contributed by atoms with Crippen LogP contribution in [0, 0.1) is 0 Å². The van der Waals surface area contributed by atoms with Gasteiger partial charge in [-0.25, -0.2) is 9.97 Å². The van der Waals surface area contributed by atoms with Crippen LogP contribution in [0.3, 0.4) is 0 Å². The molecule has 3 rings (SSSR count). The molecule has 0 unspecified atom stereocenters. The van der Waals surface area contributed by atoms with E-state index in [0.717, 1.165) is 21.3 Å². The van der Waals surface area contributed by atoms with Gasteiger partial charge >= 0.3 is 0 Å². The molecule has 0 aliphatic heterocycles. The van der Waals surface area contributed by atoms with Gasteiger partial charge in [-0.3, -0.25) is 4.79 Å². The first-order valence-corrected chi connectivity index (χ1v) is 8.52. The first kappa shape index (κ1) is 17.3. The van der Waals surface area contributed by atoms with Gasteiger partial charge in [0.2, 0.25) is 5.91 Å². The Morgan fingerprint density at radius 1 is 1.36 bits per heavy atom. The van der Waals surface area contributed by atoms with Crippen LogP contribution in [0.25, 0.3) is 21.3 Å². The van der Waals surface area contributed by atoms with Gasteiger partial charge in [-0.2, -0.15) is 0 Å². The zero-order valence-corrected chi connectivity index (χ0v) is 14.4. The summed E-state index contributed by atoms with van der Waals surface area (Å²) < 4.78 is 5.12. The number of amides is 1. The van der Waals surface area contributed by atoms with E-state index in [1.165, 1.54) is 11.3 Å². The Balaban J connectivity index is 2.06. The monoisotopic (exact) mass is 358 g/mol. The van der Waals surface area contributed by atoms with Crippen molar-refractivity contribution in [3.05, 3.63) is 41.5 Å². The number of methoxy groups -OCH3 is 1. The predicted octanol–water partition coefficient (Wildman–Crippen LogP) is 1.76. The molecule has 0 radical (unpaired) electrons. The van der Waals surface area contributed by atoms with Crippen LogP contribution in [0.15, 0.2) is 35.7 Å². The third-order valence-corrected chi connectivity index (χ3v) is 4.50. The van der Waals surface area contributed by atoms with E-state index in [4.69, 9.17) is 10.5 Å². The van der Waals surface area contributed by atoms with Crippen LogP contribution in [-0.4, -0.2) is 40.7 Å². The number of ether oxygens (including phenoxy) is 1. The zero-order chi connectivity index (χ0) is 17.8. The number of aliphatic hydroxyl groups excluding tert-OH is 1. The predicted molar refractivity (Wildman–Crippen MR) is 97.3 cm³/mol. The van der Waals surface area contributed by atoms with Crippen molar-refractivity contribution in [3.8, 4) is 11.1 Å². The number of benzene rings is 1. The minimum Gasteiger partial charge on any atom is -0.381 e. The van der Waals surface area contributed by atoms with Crippen LogP contribution in [0.2, 0.25) is 0 Å². The Hall–Kier alpha value is -2.55. The lowest BCUT2D eigenvalue weighted by Gasteiger charge is -2.12. The van der Waals surface area contributed by atoms with Crippen molar-refractivity contribution in [1.29, 1.82) is 0 Å². The summed E-state index contributed by atoms with van der Waals surface area (Å²) in [6.45, 7) is 0.236. The molecule has 4 N–H and O–H groups in total. The van der Waals surface area contributed by atoms with Gasteiger partial charge in [-0.05, 0) is 5.56 Å². The summed E-state index contributed by atoms with van der Waals surface area (Å²) in [5.74, 6) is 0.272. The average molecular weight is 358 g/mol. The number of carbonyl (C=O) groups is 1. The van der Waals surface area contributed by atoms with Crippen LogP contribution >= 0.6 is 11.3 Å². The van der Waals surface area contributed by atoms with Crippen molar-refractivity contribution < 1.29 is 14.6 Å². The van der Waals surface area contributed by atoms with Gasteiger partial charge in [-0.1, -0.05) is 30.3 Å². The molecular weight excluding hydrogens is 340 g/mol. The number of nitrogens with zero attached hydrogens (tertiary/aromatic N) is 2. The quantitative estimate of drug-likeness (QED) is 0.594. The normalized spacial score (nSPS) is 12.2. The number of fused-ring (bicyclic) bond motifs is 1. The molecule has 3 aromatic rings. The molecule has 2 heterocycles. The number of thiophene rings is 1. The van der Waals surface area contributed by atoms with Crippen molar-refractivity contribution in [1.82, 2.24) is 9.97 Å². The molecule has 0 bridgehead atoms. The molecule has 7 nitrogen and oxygen atoms in total. The molecule has 0 spiro atoms. The highest BCUT2D eigenvalue weighted by atomic mass is 32.1. The number of nitrogens with two attached hydrogens (primary N) is 1. The van der Waals surface area contributed by atoms with Gasteiger partial charge < -0.3 is 20.9 Å². The average Bonchev–Trinajstić information content (AvgIpc) is 3.04. The highest BCUT2D eigenvalue weighted by Gasteiger charge is 2.17. The smallest absolute Gasteiger partial charge is 0.248 e. The second kappa shape index (κ2) is 7.56. The molecule has 25 heavy (non-hydrogen) atoms. The SMILES string of the molecule is COCc1nc(NC[C@H](O)C(N)=O)c2c(-c3ccccc3)csc2n1. The summed E-state index contributed by atoms with van der Waals surface area (Å²) in [7, 11) is 1.57. The maximum atomic E-state index is 11.1. The van der Waals surface area contributed by atoms with Gasteiger partial charge in [0.15, 0.2) is 5.82 Å². The maximum Gasteiger partial charge on any atom is 0.248 e. The summed E-state index contributed by atoms with van der Waals surface area (Å²) in [6.07, 6.45) is -1.30. The fourth-order valence-electron chi connectivity index (χ4n) is 2.43. The number of nitrogens with one attached hydrogen (secondary N) is 1. The van der Waals surface area contributed by atoms with Crippen molar-refractivity contribution in [2.45, 2.75) is 12.7 Å². The molecule has 130 valence electrons. The second-order valence-corrected chi connectivity index (χ2v) is 6.27. The highest BCUT2D eigenvalue weighted by molar-refractivity contribution is 7.17. The molecule has 1 aromatic carbocycles. The molecule has 1 amide bonds. The number of carbonyl (C=O) groups excluding carboxylic acids is 1. The van der Waals surface area contributed by atoms with E-state index in [1.54, 1.807) is 7.11 Å². The zero-order valence-electron chi connectivity index (χ0n) is 13.6. The Morgan fingerprint density at radius 2 is 2.12 bits per heavy atom. The number of hydrogen-bond acceptors (Lipinski definition) is 7. The van der Waals surface area contributed by atoms with E-state index < -0.39 is 12.0 Å². The van der Waals surface area contributed by atoms with Crippen molar-refractivity contribution in [3.63, 3.8) is 0 Å². The summed E-state index contributed by atoms with van der Waals surface area (Å²) in [5.41, 5.74) is 7.14. The Morgan fingerprint density at radius 3 is 2.80 bits per heavy atom. The summed E-state index contributed by atoms with van der Waals surface area (Å²) in [4.78, 5) is 20.9. The molecule has 0 saturated carbocycles. The maximum absolute atomic E-state index is 11.1. The third kappa shape index (κ3) is 3.76. The van der Waals surface area contributed by atoms with E-state index in [0.29, 0.717) is 11.6 Å². The number of anilines is 1. The summed E-state index contributed by atoms with van der Waals surface area (Å²) in [6, 6.07) is 9.89. The molecule has 2 aromatic heterocycles. The standard InChI is InChI=1S/C17H18N4O3S/c1-24-8-13-20-16(19-7-12(22)15(18)23)14-11(9-25-17(14)21-13)10-5-3-2-4-6-10/h2-6,9,12,22H,7-8H2,1H3,(H2,18,23)(H,19,20,21)/t12-/m0/s1. The largest absolute Gasteiger partial charge is 0.381 e. The Bertz CT molecular complexity index is 882. The van der Waals surface area contributed by atoms with Crippen molar-refractivity contribution in [2.75, 3.05) is 19.0 Å². The van der Waals surface area contributed by atoms with E-state index in [9.17, 15) is 9.90 Å². The molecule has 8 heteroatoms. The van der Waals surface area contributed by atoms with Gasteiger partial charge in [0, 0.05) is 18.1 Å². The lowest BCUT2D eigenvalue weighted by atomic mass is 10.1. The first-order chi connectivity index (χ1) is 12.1. The van der Waals surface area contributed by atoms with Crippen LogP contribution in [0.5, 0.6) is 0 Å². The van der Waals surface area contributed by atoms with E-state index in [2.05, 4.69) is 15.3 Å². The first-order valence-electron chi connectivity index (χ1n) is 7.64. The van der Waals surface area contributed by atoms with Gasteiger partial charge in [0.05, 0.1) is 11.9 Å². The number of aliphatic hydroxyl groups is 1. The molecule has 0 fully saturated rings. The van der Waals surface area contributed by atoms with Gasteiger partial charge in [0.25, 0.3) is 0 Å². The Kier molecular flexibility index (Phi) is 5.22. The topological polar surface area (TPSA) is 110 Å². The minimum absolute atomic E-state index is 0.0298. The second-order valence-electron chi connectivity index (χ2n) is 5.42. The number of hydrogen-bond donors (Lipinski definition) is 3. The number of aromatic nitrogens is 2. The molecule has 0 aliphatic rings. The fourth-order valence-corrected chi connectivity index (χ4v) is 3.40.